The smallest absolute Gasteiger partial charge is 0.242 e. The summed E-state index contributed by atoms with van der Waals surface area (Å²) in [6, 6.07) is 4.67. The molecule has 1 rings (SSSR count). The quantitative estimate of drug-likeness (QED) is 0.846. The Morgan fingerprint density at radius 2 is 2.00 bits per heavy atom. The molecule has 1 aromatic carbocycles. The molecular weight excluding hydrogens is 363 g/mol. The molecule has 0 atom stereocenters. The van der Waals surface area contributed by atoms with E-state index in [4.69, 9.17) is 17.3 Å². The molecule has 0 aromatic heterocycles. The standard InChI is InChI=1S/C10H14BrClN2O2S.ClH/c1-10(2,6-13)14-17(15,16)8-5-3-4-7(12)9(8)11;/h3-5,14H,6,13H2,1-2H3;1H. The molecule has 104 valence electrons. The Kier molecular flexibility index (Phi) is 6.60. The predicted octanol–water partition coefficient (Wildman–Crippen LogP) is 2.54. The Bertz CT molecular complexity index is 521. The van der Waals surface area contributed by atoms with Crippen LogP contribution in [-0.4, -0.2) is 20.5 Å². The number of hydrogen-bond donors (Lipinski definition) is 2. The van der Waals surface area contributed by atoms with Crippen molar-refractivity contribution in [3.05, 3.63) is 27.7 Å². The van der Waals surface area contributed by atoms with E-state index in [2.05, 4.69) is 20.7 Å². The maximum absolute atomic E-state index is 12.1. The van der Waals surface area contributed by atoms with Gasteiger partial charge < -0.3 is 5.73 Å². The van der Waals surface area contributed by atoms with Crippen LogP contribution in [0.25, 0.3) is 0 Å². The Balaban J connectivity index is 0.00000289. The van der Waals surface area contributed by atoms with Gasteiger partial charge in [0, 0.05) is 12.1 Å². The van der Waals surface area contributed by atoms with Gasteiger partial charge in [-0.15, -0.1) is 12.4 Å². The van der Waals surface area contributed by atoms with Crippen LogP contribution in [0.3, 0.4) is 0 Å². The molecule has 0 aliphatic rings. The van der Waals surface area contributed by atoms with Gasteiger partial charge in [0.25, 0.3) is 0 Å². The second-order valence-electron chi connectivity index (χ2n) is 4.25. The average Bonchev–Trinajstić information content (AvgIpc) is 2.20. The van der Waals surface area contributed by atoms with Gasteiger partial charge in [0.2, 0.25) is 10.0 Å². The van der Waals surface area contributed by atoms with E-state index in [9.17, 15) is 8.42 Å². The molecule has 8 heteroatoms. The number of nitrogens with one attached hydrogen (secondary N) is 1. The Hall–Kier alpha value is 0.150. The van der Waals surface area contributed by atoms with E-state index in [0.29, 0.717) is 9.50 Å². The van der Waals surface area contributed by atoms with E-state index in [0.717, 1.165) is 0 Å². The van der Waals surface area contributed by atoms with Gasteiger partial charge in [-0.05, 0) is 41.9 Å². The van der Waals surface area contributed by atoms with Crippen molar-refractivity contribution in [1.82, 2.24) is 4.72 Å². The highest BCUT2D eigenvalue weighted by molar-refractivity contribution is 9.10. The first-order chi connectivity index (χ1) is 7.69. The summed E-state index contributed by atoms with van der Waals surface area (Å²) in [4.78, 5) is 0.103. The monoisotopic (exact) mass is 376 g/mol. The molecule has 0 spiro atoms. The fourth-order valence-electron chi connectivity index (χ4n) is 1.15. The molecule has 18 heavy (non-hydrogen) atoms. The third-order valence-corrected chi connectivity index (χ3v) is 5.53. The Morgan fingerprint density at radius 3 is 2.50 bits per heavy atom. The van der Waals surface area contributed by atoms with Crippen molar-refractivity contribution >= 4 is 50.0 Å². The summed E-state index contributed by atoms with van der Waals surface area (Å²) in [5, 5.41) is 0.346. The van der Waals surface area contributed by atoms with Gasteiger partial charge in [-0.1, -0.05) is 17.7 Å². The first-order valence-electron chi connectivity index (χ1n) is 4.88. The summed E-state index contributed by atoms with van der Waals surface area (Å²) < 4.78 is 27.1. The molecule has 0 unspecified atom stereocenters. The maximum atomic E-state index is 12.1. The largest absolute Gasteiger partial charge is 0.329 e. The third kappa shape index (κ3) is 4.36. The second-order valence-corrected chi connectivity index (χ2v) is 7.10. The summed E-state index contributed by atoms with van der Waals surface area (Å²) in [5.41, 5.74) is 4.79. The van der Waals surface area contributed by atoms with E-state index in [1.807, 2.05) is 0 Å². The van der Waals surface area contributed by atoms with Crippen LogP contribution in [0.4, 0.5) is 0 Å². The van der Waals surface area contributed by atoms with Gasteiger partial charge in [-0.3, -0.25) is 0 Å². The van der Waals surface area contributed by atoms with E-state index in [-0.39, 0.29) is 23.8 Å². The zero-order chi connectivity index (χ0) is 13.3. The Morgan fingerprint density at radius 1 is 1.44 bits per heavy atom. The summed E-state index contributed by atoms with van der Waals surface area (Å²) in [6.45, 7) is 3.62. The highest BCUT2D eigenvalue weighted by Gasteiger charge is 2.26. The van der Waals surface area contributed by atoms with Crippen LogP contribution in [0.15, 0.2) is 27.6 Å². The lowest BCUT2D eigenvalue weighted by Crippen LogP contribution is -2.48. The first-order valence-corrected chi connectivity index (χ1v) is 7.53. The lowest BCUT2D eigenvalue weighted by molar-refractivity contribution is 0.462. The first kappa shape index (κ1) is 18.1. The topological polar surface area (TPSA) is 72.2 Å². The molecule has 0 fully saturated rings. The van der Waals surface area contributed by atoms with Crippen LogP contribution >= 0.6 is 39.9 Å². The van der Waals surface area contributed by atoms with Crippen molar-refractivity contribution in [1.29, 1.82) is 0 Å². The van der Waals surface area contributed by atoms with Gasteiger partial charge in [0.15, 0.2) is 0 Å². The highest BCUT2D eigenvalue weighted by atomic mass is 79.9. The minimum atomic E-state index is -3.64. The van der Waals surface area contributed by atoms with Crippen molar-refractivity contribution in [2.75, 3.05) is 6.54 Å². The molecule has 0 saturated heterocycles. The number of rotatable bonds is 4. The molecule has 0 aliphatic heterocycles. The molecule has 0 aliphatic carbocycles. The molecule has 0 heterocycles. The number of sulfonamides is 1. The van der Waals surface area contributed by atoms with Gasteiger partial charge in [0.05, 0.1) is 14.4 Å². The van der Waals surface area contributed by atoms with E-state index < -0.39 is 15.6 Å². The molecular formula is C10H15BrCl2N2O2S. The average molecular weight is 378 g/mol. The van der Waals surface area contributed by atoms with Crippen LogP contribution in [0.1, 0.15) is 13.8 Å². The SMILES string of the molecule is CC(C)(CN)NS(=O)(=O)c1cccc(Cl)c1Br.Cl. The molecule has 3 N–H and O–H groups in total. The van der Waals surface area contributed by atoms with Crippen molar-refractivity contribution in [3.8, 4) is 0 Å². The highest BCUT2D eigenvalue weighted by Crippen LogP contribution is 2.29. The molecule has 0 saturated carbocycles. The lowest BCUT2D eigenvalue weighted by atomic mass is 10.1. The van der Waals surface area contributed by atoms with E-state index >= 15 is 0 Å². The van der Waals surface area contributed by atoms with Crippen molar-refractivity contribution in [2.24, 2.45) is 5.73 Å². The lowest BCUT2D eigenvalue weighted by Gasteiger charge is -2.24. The minimum Gasteiger partial charge on any atom is -0.329 e. The second kappa shape index (κ2) is 6.54. The molecule has 0 radical (unpaired) electrons. The van der Waals surface area contributed by atoms with E-state index in [1.54, 1.807) is 26.0 Å². The fourth-order valence-corrected chi connectivity index (χ4v) is 3.81. The third-order valence-electron chi connectivity index (χ3n) is 2.13. The van der Waals surface area contributed by atoms with Crippen LogP contribution in [0.2, 0.25) is 5.02 Å². The summed E-state index contributed by atoms with van der Waals surface area (Å²) >= 11 is 9.02. The zero-order valence-electron chi connectivity index (χ0n) is 9.91. The van der Waals surface area contributed by atoms with Gasteiger partial charge >= 0.3 is 0 Å². The van der Waals surface area contributed by atoms with Crippen LogP contribution in [0, 0.1) is 0 Å². The van der Waals surface area contributed by atoms with Gasteiger partial charge in [0.1, 0.15) is 0 Å². The predicted molar refractivity (Wildman–Crippen MR) is 79.9 cm³/mol. The fraction of sp³-hybridized carbons (Fsp3) is 0.400. The van der Waals surface area contributed by atoms with Crippen LogP contribution in [0.5, 0.6) is 0 Å². The Labute approximate surface area is 127 Å². The number of halogens is 3. The van der Waals surface area contributed by atoms with Crippen molar-refractivity contribution in [2.45, 2.75) is 24.3 Å². The van der Waals surface area contributed by atoms with Crippen LogP contribution < -0.4 is 10.5 Å². The zero-order valence-corrected chi connectivity index (χ0v) is 13.9. The van der Waals surface area contributed by atoms with E-state index in [1.165, 1.54) is 6.07 Å². The summed E-state index contributed by atoms with van der Waals surface area (Å²) in [6.07, 6.45) is 0. The molecule has 0 amide bonds. The van der Waals surface area contributed by atoms with Crippen LogP contribution in [-0.2, 0) is 10.0 Å². The van der Waals surface area contributed by atoms with Gasteiger partial charge in [-0.25, -0.2) is 13.1 Å². The maximum Gasteiger partial charge on any atom is 0.242 e. The van der Waals surface area contributed by atoms with Gasteiger partial charge in [-0.2, -0.15) is 0 Å². The number of nitrogens with two attached hydrogens (primary N) is 1. The summed E-state index contributed by atoms with van der Waals surface area (Å²) in [7, 11) is -3.64. The molecule has 4 nitrogen and oxygen atoms in total. The molecule has 0 bridgehead atoms. The number of benzene rings is 1. The molecule has 1 aromatic rings. The number of hydrogen-bond acceptors (Lipinski definition) is 3. The van der Waals surface area contributed by atoms with Crippen molar-refractivity contribution in [3.63, 3.8) is 0 Å². The van der Waals surface area contributed by atoms with Crippen molar-refractivity contribution < 1.29 is 8.42 Å². The summed E-state index contributed by atoms with van der Waals surface area (Å²) in [5.74, 6) is 0. The normalized spacial score (nSPS) is 12.1. The minimum absolute atomic E-state index is 0.